The Morgan fingerprint density at radius 1 is 1.23 bits per heavy atom. The number of oxime groups is 1. The van der Waals surface area contributed by atoms with E-state index in [4.69, 9.17) is 9.57 Å². The van der Waals surface area contributed by atoms with Crippen LogP contribution in [0.4, 0.5) is 0 Å². The van der Waals surface area contributed by atoms with Gasteiger partial charge in [-0.3, -0.25) is 0 Å². The summed E-state index contributed by atoms with van der Waals surface area (Å²) in [4.78, 5) is 17.3. The maximum absolute atomic E-state index is 12.4. The molecule has 1 aliphatic rings. The van der Waals surface area contributed by atoms with Crippen LogP contribution in [0.1, 0.15) is 47.9 Å². The number of aryl methyl sites for hydroxylation is 2. The lowest BCUT2D eigenvalue weighted by Gasteiger charge is -2.16. The van der Waals surface area contributed by atoms with Gasteiger partial charge in [0, 0.05) is 12.6 Å². The molecule has 2 aromatic carbocycles. The summed E-state index contributed by atoms with van der Waals surface area (Å²) in [6, 6.07) is 11.9. The van der Waals surface area contributed by atoms with Crippen molar-refractivity contribution in [1.82, 2.24) is 19.8 Å². The lowest BCUT2D eigenvalue weighted by Crippen LogP contribution is -2.23. The van der Waals surface area contributed by atoms with E-state index in [-0.39, 0.29) is 5.69 Å². The number of nitrogens with zero attached hydrogens (tertiary/aromatic N) is 5. The summed E-state index contributed by atoms with van der Waals surface area (Å²) in [6.45, 7) is 4.24. The van der Waals surface area contributed by atoms with Gasteiger partial charge in [0.2, 0.25) is 0 Å². The molecular weight excluding hydrogens is 382 g/mol. The second kappa shape index (κ2) is 8.14. The summed E-state index contributed by atoms with van der Waals surface area (Å²) in [5.41, 5.74) is 5.40. The Morgan fingerprint density at radius 2 is 2.03 bits per heavy atom. The van der Waals surface area contributed by atoms with Gasteiger partial charge >= 0.3 is 5.69 Å². The average molecular weight is 407 g/mol. The Labute approximate surface area is 174 Å². The van der Waals surface area contributed by atoms with Crippen LogP contribution in [0.2, 0.25) is 0 Å². The zero-order chi connectivity index (χ0) is 21.3. The van der Waals surface area contributed by atoms with Crippen LogP contribution in [0.15, 0.2) is 46.3 Å². The summed E-state index contributed by atoms with van der Waals surface area (Å²) in [5.74, 6) is 1.29. The molecular formula is C22H25N5O3. The average Bonchev–Trinajstić information content (AvgIpc) is 3.53. The van der Waals surface area contributed by atoms with Gasteiger partial charge in [-0.1, -0.05) is 17.3 Å². The smallest absolute Gasteiger partial charge is 0.368 e. The van der Waals surface area contributed by atoms with E-state index in [1.54, 1.807) is 7.05 Å². The van der Waals surface area contributed by atoms with Crippen molar-refractivity contribution in [3.05, 3.63) is 69.1 Å². The van der Waals surface area contributed by atoms with Crippen LogP contribution in [0.5, 0.6) is 5.75 Å². The highest BCUT2D eigenvalue weighted by molar-refractivity contribution is 5.98. The van der Waals surface area contributed by atoms with Crippen molar-refractivity contribution in [3.63, 3.8) is 0 Å². The third kappa shape index (κ3) is 3.85. The molecule has 0 atom stereocenters. The van der Waals surface area contributed by atoms with Crippen LogP contribution >= 0.6 is 0 Å². The molecule has 1 saturated carbocycles. The molecule has 0 saturated heterocycles. The molecule has 0 spiro atoms. The van der Waals surface area contributed by atoms with Gasteiger partial charge in [-0.2, -0.15) is 9.36 Å². The van der Waals surface area contributed by atoms with Crippen molar-refractivity contribution in [2.24, 2.45) is 12.2 Å². The molecule has 3 aromatic rings. The second-order valence-electron chi connectivity index (χ2n) is 7.54. The Bertz CT molecular complexity index is 1160. The van der Waals surface area contributed by atoms with Crippen molar-refractivity contribution in [1.29, 1.82) is 0 Å². The lowest BCUT2D eigenvalue weighted by molar-refractivity contribution is 0.213. The molecule has 0 unspecified atom stereocenters. The van der Waals surface area contributed by atoms with E-state index < -0.39 is 0 Å². The first-order valence-electron chi connectivity index (χ1n) is 9.92. The van der Waals surface area contributed by atoms with Crippen LogP contribution in [0.3, 0.4) is 0 Å². The van der Waals surface area contributed by atoms with E-state index >= 15 is 0 Å². The van der Waals surface area contributed by atoms with Crippen molar-refractivity contribution in [3.8, 4) is 11.4 Å². The quantitative estimate of drug-likeness (QED) is 0.444. The largest absolute Gasteiger partial charge is 0.489 e. The van der Waals surface area contributed by atoms with Crippen molar-refractivity contribution in [2.45, 2.75) is 39.2 Å². The van der Waals surface area contributed by atoms with E-state index in [9.17, 15) is 4.79 Å². The maximum Gasteiger partial charge on any atom is 0.368 e. The number of hydrogen-bond donors (Lipinski definition) is 0. The molecule has 1 aliphatic carbocycles. The molecule has 1 heterocycles. The summed E-state index contributed by atoms with van der Waals surface area (Å²) in [7, 11) is 3.12. The zero-order valence-electron chi connectivity index (χ0n) is 17.6. The highest BCUT2D eigenvalue weighted by Gasteiger charge is 2.28. The summed E-state index contributed by atoms with van der Waals surface area (Å²) >= 11 is 0. The molecule has 0 bridgehead atoms. The summed E-state index contributed by atoms with van der Waals surface area (Å²) in [5, 5.41) is 11.9. The molecule has 4 rings (SSSR count). The second-order valence-corrected chi connectivity index (χ2v) is 7.54. The Balaban J connectivity index is 1.66. The molecule has 0 N–H and O–H groups in total. The Kier molecular flexibility index (Phi) is 5.39. The predicted molar refractivity (Wildman–Crippen MR) is 113 cm³/mol. The van der Waals surface area contributed by atoms with Gasteiger partial charge < -0.3 is 9.57 Å². The van der Waals surface area contributed by atoms with Gasteiger partial charge in [-0.05, 0) is 84.0 Å². The number of aromatic nitrogens is 4. The van der Waals surface area contributed by atoms with E-state index in [2.05, 4.69) is 21.6 Å². The van der Waals surface area contributed by atoms with Gasteiger partial charge in [0.25, 0.3) is 0 Å². The number of rotatable bonds is 7. The summed E-state index contributed by atoms with van der Waals surface area (Å²) < 4.78 is 8.77. The third-order valence-corrected chi connectivity index (χ3v) is 5.35. The van der Waals surface area contributed by atoms with Gasteiger partial charge in [-0.15, -0.1) is 0 Å². The summed E-state index contributed by atoms with van der Waals surface area (Å²) in [6.07, 6.45) is 2.30. The van der Waals surface area contributed by atoms with Crippen LogP contribution in [0, 0.1) is 6.92 Å². The fourth-order valence-corrected chi connectivity index (χ4v) is 3.57. The predicted octanol–water partition coefficient (Wildman–Crippen LogP) is 3.10. The minimum atomic E-state index is -0.280. The van der Waals surface area contributed by atoms with Gasteiger partial charge in [0.15, 0.2) is 0 Å². The first-order chi connectivity index (χ1) is 14.5. The van der Waals surface area contributed by atoms with Gasteiger partial charge in [0.1, 0.15) is 19.5 Å². The van der Waals surface area contributed by atoms with Crippen molar-refractivity contribution in [2.75, 3.05) is 7.11 Å². The van der Waals surface area contributed by atoms with E-state index in [0.29, 0.717) is 12.5 Å². The number of benzene rings is 2. The standard InChI is InChI=1S/C22H25N5O3/c1-14-12-17(15(2)23-29-4)10-11-21(14)30-13-19-18(16-8-9-16)6-5-7-20(19)27-22(28)26(3)24-25-27/h5-7,10-12,16H,8-9,13H2,1-4H3/b23-15+. The SMILES string of the molecule is CO/N=C(\C)c1ccc(OCc2c(C3CC3)cccc2-n2nnn(C)c2=O)c(C)c1. The highest BCUT2D eigenvalue weighted by Crippen LogP contribution is 2.43. The number of ether oxygens (including phenoxy) is 1. The van der Waals surface area contributed by atoms with E-state index in [0.717, 1.165) is 46.7 Å². The van der Waals surface area contributed by atoms with Crippen LogP contribution < -0.4 is 10.4 Å². The molecule has 8 heteroatoms. The van der Waals surface area contributed by atoms with Gasteiger partial charge in [-0.25, -0.2) is 4.79 Å². The van der Waals surface area contributed by atoms with Crippen molar-refractivity contribution >= 4 is 5.71 Å². The number of tetrazole rings is 1. The number of hydrogen-bond acceptors (Lipinski definition) is 6. The zero-order valence-corrected chi connectivity index (χ0v) is 17.6. The minimum Gasteiger partial charge on any atom is -0.489 e. The van der Waals surface area contributed by atoms with E-state index in [1.165, 1.54) is 22.0 Å². The molecule has 8 nitrogen and oxygen atoms in total. The lowest BCUT2D eigenvalue weighted by atomic mass is 10.0. The molecule has 30 heavy (non-hydrogen) atoms. The van der Waals surface area contributed by atoms with Crippen LogP contribution in [-0.4, -0.2) is 32.6 Å². The molecule has 156 valence electrons. The Hall–Kier alpha value is -3.42. The normalized spacial score (nSPS) is 14.1. The Morgan fingerprint density at radius 3 is 2.67 bits per heavy atom. The van der Waals surface area contributed by atoms with E-state index in [1.807, 2.05) is 44.2 Å². The van der Waals surface area contributed by atoms with Crippen molar-refractivity contribution < 1.29 is 9.57 Å². The topological polar surface area (TPSA) is 83.5 Å². The fraction of sp³-hybridized carbons (Fsp3) is 0.364. The molecule has 1 aromatic heterocycles. The first kappa shape index (κ1) is 19.9. The van der Waals surface area contributed by atoms with Crippen LogP contribution in [0.25, 0.3) is 5.69 Å². The van der Waals surface area contributed by atoms with Crippen LogP contribution in [-0.2, 0) is 18.5 Å². The molecule has 0 aliphatic heterocycles. The molecule has 0 amide bonds. The molecule has 1 fully saturated rings. The first-order valence-corrected chi connectivity index (χ1v) is 9.92. The monoisotopic (exact) mass is 407 g/mol. The maximum atomic E-state index is 12.4. The third-order valence-electron chi connectivity index (χ3n) is 5.35. The highest BCUT2D eigenvalue weighted by atomic mass is 16.6. The molecule has 0 radical (unpaired) electrons. The minimum absolute atomic E-state index is 0.280. The van der Waals surface area contributed by atoms with Gasteiger partial charge in [0.05, 0.1) is 11.4 Å². The fourth-order valence-electron chi connectivity index (χ4n) is 3.57.